The van der Waals surface area contributed by atoms with Crippen LogP contribution in [-0.4, -0.2) is 44.2 Å². The Morgan fingerprint density at radius 2 is 2.04 bits per heavy atom. The van der Waals surface area contributed by atoms with Crippen LogP contribution in [0.1, 0.15) is 50.3 Å². The molecule has 7 heteroatoms. The first-order chi connectivity index (χ1) is 11.2. The number of carbonyl (C=O) groups excluding carboxylic acids is 1. The van der Waals surface area contributed by atoms with Crippen molar-refractivity contribution in [1.29, 1.82) is 0 Å². The van der Waals surface area contributed by atoms with Gasteiger partial charge in [0.05, 0.1) is 23.1 Å². The Hall–Kier alpha value is -2.57. The Balaban J connectivity index is 2.21. The first kappa shape index (κ1) is 17.8. The number of carboxylic acids is 1. The van der Waals surface area contributed by atoms with Crippen LogP contribution in [0.2, 0.25) is 0 Å². The molecule has 130 valence electrons. The molecule has 1 aromatic heterocycles. The van der Waals surface area contributed by atoms with Crippen molar-refractivity contribution in [1.82, 2.24) is 14.9 Å². The number of aromatic carboxylic acids is 1. The number of nitrogens with one attached hydrogen (secondary N) is 1. The second kappa shape index (κ2) is 6.90. The third kappa shape index (κ3) is 4.47. The van der Waals surface area contributed by atoms with Gasteiger partial charge in [-0.15, -0.1) is 0 Å². The molecule has 2 N–H and O–H groups in total. The fourth-order valence-corrected chi connectivity index (χ4v) is 2.28. The number of ether oxygens (including phenoxy) is 1. The number of benzene rings is 1. The summed E-state index contributed by atoms with van der Waals surface area (Å²) in [5.41, 5.74) is 0.921. The zero-order chi connectivity index (χ0) is 17.9. The first-order valence-corrected chi connectivity index (χ1v) is 7.89. The number of fused-ring (bicyclic) bond motifs is 1. The highest BCUT2D eigenvalue weighted by atomic mass is 16.6. The van der Waals surface area contributed by atoms with E-state index in [1.165, 1.54) is 12.1 Å². The minimum Gasteiger partial charge on any atom is -0.478 e. The molecule has 1 heterocycles. The highest BCUT2D eigenvalue weighted by Gasteiger charge is 2.22. The normalized spacial score (nSPS) is 11.5. The van der Waals surface area contributed by atoms with Crippen LogP contribution >= 0.6 is 0 Å². The van der Waals surface area contributed by atoms with Crippen LogP contribution in [0.5, 0.6) is 0 Å². The molecule has 0 aliphatic carbocycles. The van der Waals surface area contributed by atoms with Gasteiger partial charge in [-0.25, -0.2) is 14.6 Å². The minimum absolute atomic E-state index is 0.190. The van der Waals surface area contributed by atoms with E-state index in [-0.39, 0.29) is 12.1 Å². The molecule has 0 aliphatic rings. The summed E-state index contributed by atoms with van der Waals surface area (Å²) in [4.78, 5) is 32.4. The maximum atomic E-state index is 12.3. The monoisotopic (exact) mass is 333 g/mol. The van der Waals surface area contributed by atoms with E-state index in [1.54, 1.807) is 11.0 Å². The van der Waals surface area contributed by atoms with E-state index in [0.29, 0.717) is 23.4 Å². The SMILES string of the molecule is CCCN(Cc1nc2ccc(C(=O)O)cc2[nH]1)C(=O)OC(C)(C)C. The molecule has 0 atom stereocenters. The maximum Gasteiger partial charge on any atom is 0.410 e. The number of rotatable bonds is 5. The molecule has 2 aromatic rings. The Kier molecular flexibility index (Phi) is 5.11. The van der Waals surface area contributed by atoms with Gasteiger partial charge >= 0.3 is 12.1 Å². The van der Waals surface area contributed by atoms with Gasteiger partial charge in [-0.3, -0.25) is 0 Å². The third-order valence-electron chi connectivity index (χ3n) is 3.26. The molecular weight excluding hydrogens is 310 g/mol. The lowest BCUT2D eigenvalue weighted by molar-refractivity contribution is 0.0229. The van der Waals surface area contributed by atoms with E-state index < -0.39 is 17.7 Å². The van der Waals surface area contributed by atoms with Crippen molar-refractivity contribution in [3.63, 3.8) is 0 Å². The van der Waals surface area contributed by atoms with Gasteiger partial charge in [-0.1, -0.05) is 6.92 Å². The molecule has 0 spiro atoms. The number of carboxylic acid groups (broad SMARTS) is 1. The number of H-pyrrole nitrogens is 1. The van der Waals surface area contributed by atoms with Crippen LogP contribution in [0, 0.1) is 0 Å². The number of imidazole rings is 1. The number of nitrogens with zero attached hydrogens (tertiary/aromatic N) is 2. The highest BCUT2D eigenvalue weighted by molar-refractivity contribution is 5.92. The Morgan fingerprint density at radius 3 is 2.62 bits per heavy atom. The fourth-order valence-electron chi connectivity index (χ4n) is 2.28. The lowest BCUT2D eigenvalue weighted by atomic mass is 10.2. The molecule has 2 rings (SSSR count). The molecule has 7 nitrogen and oxygen atoms in total. The van der Waals surface area contributed by atoms with Gasteiger partial charge in [-0.2, -0.15) is 0 Å². The molecule has 1 aromatic carbocycles. The van der Waals surface area contributed by atoms with E-state index >= 15 is 0 Å². The lowest BCUT2D eigenvalue weighted by Gasteiger charge is -2.26. The molecule has 0 saturated heterocycles. The summed E-state index contributed by atoms with van der Waals surface area (Å²) in [5.74, 6) is -0.402. The van der Waals surface area contributed by atoms with Crippen LogP contribution < -0.4 is 0 Å². The number of amides is 1. The van der Waals surface area contributed by atoms with Crippen LogP contribution in [0.4, 0.5) is 4.79 Å². The van der Waals surface area contributed by atoms with E-state index in [4.69, 9.17) is 9.84 Å². The van der Waals surface area contributed by atoms with Gasteiger partial charge in [0.2, 0.25) is 0 Å². The average Bonchev–Trinajstić information content (AvgIpc) is 2.86. The van der Waals surface area contributed by atoms with Crippen molar-refractivity contribution >= 4 is 23.1 Å². The summed E-state index contributed by atoms with van der Waals surface area (Å²) in [7, 11) is 0. The Labute approximate surface area is 140 Å². The van der Waals surface area contributed by atoms with E-state index in [9.17, 15) is 9.59 Å². The van der Waals surface area contributed by atoms with Crippen molar-refractivity contribution in [2.75, 3.05) is 6.54 Å². The largest absolute Gasteiger partial charge is 0.478 e. The number of carbonyl (C=O) groups is 2. The number of aromatic amines is 1. The zero-order valence-electron chi connectivity index (χ0n) is 14.4. The molecular formula is C17H23N3O4. The Bertz CT molecular complexity index is 746. The van der Waals surface area contributed by atoms with Crippen molar-refractivity contribution in [2.45, 2.75) is 46.3 Å². The molecule has 0 fully saturated rings. The predicted molar refractivity (Wildman–Crippen MR) is 90.0 cm³/mol. The smallest absolute Gasteiger partial charge is 0.410 e. The predicted octanol–water partition coefficient (Wildman–Crippen LogP) is 3.41. The van der Waals surface area contributed by atoms with Crippen molar-refractivity contribution in [2.24, 2.45) is 0 Å². The van der Waals surface area contributed by atoms with Crippen LogP contribution in [-0.2, 0) is 11.3 Å². The summed E-state index contributed by atoms with van der Waals surface area (Å²) in [6.45, 7) is 8.28. The molecule has 0 saturated carbocycles. The van der Waals surface area contributed by atoms with Crippen molar-refractivity contribution in [3.8, 4) is 0 Å². The minimum atomic E-state index is -0.991. The Morgan fingerprint density at radius 1 is 1.33 bits per heavy atom. The average molecular weight is 333 g/mol. The quantitative estimate of drug-likeness (QED) is 0.874. The number of hydrogen-bond donors (Lipinski definition) is 2. The van der Waals surface area contributed by atoms with Gasteiger partial charge < -0.3 is 19.7 Å². The summed E-state index contributed by atoms with van der Waals surface area (Å²) in [6, 6.07) is 4.69. The van der Waals surface area contributed by atoms with Gasteiger partial charge in [-0.05, 0) is 45.4 Å². The van der Waals surface area contributed by atoms with Gasteiger partial charge in [0.1, 0.15) is 11.4 Å². The molecule has 24 heavy (non-hydrogen) atoms. The van der Waals surface area contributed by atoms with Crippen LogP contribution in [0.25, 0.3) is 11.0 Å². The van der Waals surface area contributed by atoms with Crippen LogP contribution in [0.15, 0.2) is 18.2 Å². The lowest BCUT2D eigenvalue weighted by Crippen LogP contribution is -2.37. The standard InChI is InChI=1S/C17H23N3O4/c1-5-8-20(16(23)24-17(2,3)4)10-14-18-12-7-6-11(15(21)22)9-13(12)19-14/h6-7,9H,5,8,10H2,1-4H3,(H,18,19)(H,21,22). The first-order valence-electron chi connectivity index (χ1n) is 7.89. The molecule has 0 radical (unpaired) electrons. The number of hydrogen-bond acceptors (Lipinski definition) is 4. The molecule has 0 aliphatic heterocycles. The summed E-state index contributed by atoms with van der Waals surface area (Å²) < 4.78 is 5.42. The second-order valence-electron chi connectivity index (χ2n) is 6.62. The maximum absolute atomic E-state index is 12.3. The summed E-state index contributed by atoms with van der Waals surface area (Å²) in [5, 5.41) is 9.04. The van der Waals surface area contributed by atoms with Gasteiger partial charge in [0.25, 0.3) is 0 Å². The second-order valence-corrected chi connectivity index (χ2v) is 6.62. The topological polar surface area (TPSA) is 95.5 Å². The van der Waals surface area contributed by atoms with E-state index in [1.807, 2.05) is 27.7 Å². The van der Waals surface area contributed by atoms with Gasteiger partial charge in [0, 0.05) is 6.54 Å². The molecule has 1 amide bonds. The van der Waals surface area contributed by atoms with Crippen molar-refractivity contribution < 1.29 is 19.4 Å². The van der Waals surface area contributed by atoms with E-state index in [2.05, 4.69) is 9.97 Å². The van der Waals surface area contributed by atoms with E-state index in [0.717, 1.165) is 6.42 Å². The summed E-state index contributed by atoms with van der Waals surface area (Å²) >= 11 is 0. The highest BCUT2D eigenvalue weighted by Crippen LogP contribution is 2.16. The van der Waals surface area contributed by atoms with Crippen molar-refractivity contribution in [3.05, 3.63) is 29.6 Å². The summed E-state index contributed by atoms with van der Waals surface area (Å²) in [6.07, 6.45) is 0.402. The third-order valence-corrected chi connectivity index (χ3v) is 3.26. The zero-order valence-corrected chi connectivity index (χ0v) is 14.4. The molecule has 0 bridgehead atoms. The molecule has 0 unspecified atom stereocenters. The van der Waals surface area contributed by atoms with Crippen LogP contribution in [0.3, 0.4) is 0 Å². The fraction of sp³-hybridized carbons (Fsp3) is 0.471. The van der Waals surface area contributed by atoms with Gasteiger partial charge in [0.15, 0.2) is 0 Å². The number of aromatic nitrogens is 2.